The van der Waals surface area contributed by atoms with Gasteiger partial charge < -0.3 is 5.32 Å². The van der Waals surface area contributed by atoms with Gasteiger partial charge in [0.15, 0.2) is 0 Å². The highest BCUT2D eigenvalue weighted by Gasteiger charge is 2.26. The van der Waals surface area contributed by atoms with Gasteiger partial charge in [0.1, 0.15) is 0 Å². The number of hydrogen-bond acceptors (Lipinski definition) is 3. The molecular weight excluding hydrogens is 260 g/mol. The molecule has 0 aliphatic heterocycles. The van der Waals surface area contributed by atoms with Crippen molar-refractivity contribution in [1.29, 1.82) is 0 Å². The fraction of sp³-hybridized carbons (Fsp3) is 0.571. The van der Waals surface area contributed by atoms with E-state index >= 15 is 0 Å². The normalized spacial score (nSPS) is 17.2. The minimum Gasteiger partial charge on any atom is -0.385 e. The van der Waals surface area contributed by atoms with Crippen LogP contribution in [0.1, 0.15) is 33.1 Å². The predicted molar refractivity (Wildman–Crippen MR) is 77.7 cm³/mol. The molecule has 0 radical (unpaired) electrons. The monoisotopic (exact) mass is 282 g/mol. The first-order valence-corrected chi connectivity index (χ1v) is 8.36. The summed E-state index contributed by atoms with van der Waals surface area (Å²) in [5.41, 5.74) is 0.937. The van der Waals surface area contributed by atoms with Gasteiger partial charge in [0.05, 0.1) is 4.90 Å². The molecule has 1 fully saturated rings. The van der Waals surface area contributed by atoms with Gasteiger partial charge in [-0.2, -0.15) is 0 Å². The first kappa shape index (κ1) is 14.3. The van der Waals surface area contributed by atoms with Crippen LogP contribution >= 0.6 is 0 Å². The molecule has 0 heterocycles. The summed E-state index contributed by atoms with van der Waals surface area (Å²) in [6.07, 6.45) is 3.42. The molecule has 1 aromatic carbocycles. The summed E-state index contributed by atoms with van der Waals surface area (Å²) in [4.78, 5) is 0.330. The Bertz CT molecular complexity index is 507. The topological polar surface area (TPSA) is 58.2 Å². The number of benzene rings is 1. The number of sulfonamides is 1. The maximum absolute atomic E-state index is 12.2. The van der Waals surface area contributed by atoms with Crippen molar-refractivity contribution in [3.63, 3.8) is 0 Å². The van der Waals surface area contributed by atoms with Crippen LogP contribution in [0, 0.1) is 5.92 Å². The van der Waals surface area contributed by atoms with Gasteiger partial charge in [-0.3, -0.25) is 0 Å². The molecule has 0 aromatic heterocycles. The molecule has 1 aliphatic rings. The summed E-state index contributed by atoms with van der Waals surface area (Å²) in [5.74, 6) is 0.717. The van der Waals surface area contributed by atoms with E-state index in [1.54, 1.807) is 24.3 Å². The molecule has 4 nitrogen and oxygen atoms in total. The van der Waals surface area contributed by atoms with E-state index in [0.29, 0.717) is 10.8 Å². The van der Waals surface area contributed by atoms with Gasteiger partial charge in [-0.25, -0.2) is 13.1 Å². The summed E-state index contributed by atoms with van der Waals surface area (Å²) < 4.78 is 27.1. The second kappa shape index (κ2) is 5.92. The molecule has 0 amide bonds. The van der Waals surface area contributed by atoms with Crippen molar-refractivity contribution in [3.05, 3.63) is 24.3 Å². The smallest absolute Gasteiger partial charge is 0.240 e. The zero-order chi connectivity index (χ0) is 13.9. The van der Waals surface area contributed by atoms with Gasteiger partial charge in [-0.05, 0) is 50.5 Å². The van der Waals surface area contributed by atoms with Gasteiger partial charge in [0, 0.05) is 18.3 Å². The van der Waals surface area contributed by atoms with E-state index < -0.39 is 10.0 Å². The van der Waals surface area contributed by atoms with E-state index in [0.717, 1.165) is 18.7 Å². The van der Waals surface area contributed by atoms with Gasteiger partial charge in [-0.1, -0.05) is 12.8 Å². The van der Waals surface area contributed by atoms with Crippen LogP contribution in [0.4, 0.5) is 5.69 Å². The van der Waals surface area contributed by atoms with E-state index in [2.05, 4.69) is 10.0 Å². The zero-order valence-corrected chi connectivity index (χ0v) is 12.3. The molecular formula is C14H22N2O2S. The van der Waals surface area contributed by atoms with Gasteiger partial charge >= 0.3 is 0 Å². The molecule has 2 N–H and O–H groups in total. The van der Waals surface area contributed by atoms with E-state index in [1.807, 2.05) is 13.8 Å². The average molecular weight is 282 g/mol. The van der Waals surface area contributed by atoms with Crippen molar-refractivity contribution < 1.29 is 8.42 Å². The first-order chi connectivity index (χ1) is 9.01. The zero-order valence-electron chi connectivity index (χ0n) is 11.5. The van der Waals surface area contributed by atoms with Crippen LogP contribution in [0.5, 0.6) is 0 Å². The third-order valence-corrected chi connectivity index (χ3v) is 4.89. The largest absolute Gasteiger partial charge is 0.385 e. The van der Waals surface area contributed by atoms with Crippen LogP contribution in [0.2, 0.25) is 0 Å². The van der Waals surface area contributed by atoms with Gasteiger partial charge in [0.2, 0.25) is 10.0 Å². The van der Waals surface area contributed by atoms with Crippen LogP contribution in [-0.4, -0.2) is 21.0 Å². The lowest BCUT2D eigenvalue weighted by molar-refractivity contribution is 0.530. The lowest BCUT2D eigenvalue weighted by Crippen LogP contribution is -2.32. The lowest BCUT2D eigenvalue weighted by Gasteiger charge is -2.14. The molecule has 5 heteroatoms. The Balaban J connectivity index is 2.01. The van der Waals surface area contributed by atoms with E-state index in [-0.39, 0.29) is 6.04 Å². The molecule has 1 saturated carbocycles. The number of anilines is 1. The maximum atomic E-state index is 12.2. The van der Waals surface area contributed by atoms with E-state index in [4.69, 9.17) is 0 Å². The highest BCUT2D eigenvalue weighted by atomic mass is 32.2. The Morgan fingerprint density at radius 3 is 2.42 bits per heavy atom. The van der Waals surface area contributed by atoms with Gasteiger partial charge in [-0.15, -0.1) is 0 Å². The number of rotatable bonds is 7. The summed E-state index contributed by atoms with van der Waals surface area (Å²) >= 11 is 0. The molecule has 1 aliphatic carbocycles. The molecule has 2 rings (SSSR count). The van der Waals surface area contributed by atoms with Crippen molar-refractivity contribution in [2.75, 3.05) is 11.9 Å². The maximum Gasteiger partial charge on any atom is 0.240 e. The molecule has 1 unspecified atom stereocenters. The SMILES string of the molecule is CCNc1ccc(S(=O)(=O)NC(C)CC2CC2)cc1. The fourth-order valence-corrected chi connectivity index (χ4v) is 3.45. The van der Waals surface area contributed by atoms with Crippen molar-refractivity contribution in [3.8, 4) is 0 Å². The summed E-state index contributed by atoms with van der Waals surface area (Å²) in [6, 6.07) is 6.88. The fourth-order valence-electron chi connectivity index (χ4n) is 2.19. The summed E-state index contributed by atoms with van der Waals surface area (Å²) in [7, 11) is -3.39. The summed E-state index contributed by atoms with van der Waals surface area (Å²) in [5, 5.41) is 3.15. The van der Waals surface area contributed by atoms with Crippen LogP contribution in [-0.2, 0) is 10.0 Å². The van der Waals surface area contributed by atoms with Crippen molar-refractivity contribution in [1.82, 2.24) is 4.72 Å². The molecule has 106 valence electrons. The molecule has 0 spiro atoms. The first-order valence-electron chi connectivity index (χ1n) is 6.87. The quantitative estimate of drug-likeness (QED) is 0.808. The van der Waals surface area contributed by atoms with Crippen LogP contribution < -0.4 is 10.0 Å². The second-order valence-electron chi connectivity index (χ2n) is 5.26. The van der Waals surface area contributed by atoms with Crippen LogP contribution in [0.15, 0.2) is 29.2 Å². The van der Waals surface area contributed by atoms with E-state index in [9.17, 15) is 8.42 Å². The molecule has 19 heavy (non-hydrogen) atoms. The molecule has 0 saturated heterocycles. The molecule has 0 bridgehead atoms. The van der Waals surface area contributed by atoms with Crippen LogP contribution in [0.3, 0.4) is 0 Å². The van der Waals surface area contributed by atoms with Crippen LogP contribution in [0.25, 0.3) is 0 Å². The Hall–Kier alpha value is -1.07. The minimum atomic E-state index is -3.39. The average Bonchev–Trinajstić information content (AvgIpc) is 3.13. The van der Waals surface area contributed by atoms with E-state index in [1.165, 1.54) is 12.8 Å². The predicted octanol–water partition coefficient (Wildman–Crippen LogP) is 2.59. The number of hydrogen-bond donors (Lipinski definition) is 2. The Morgan fingerprint density at radius 1 is 1.26 bits per heavy atom. The van der Waals surface area contributed by atoms with Gasteiger partial charge in [0.25, 0.3) is 0 Å². The second-order valence-corrected chi connectivity index (χ2v) is 6.97. The number of nitrogens with one attached hydrogen (secondary N) is 2. The lowest BCUT2D eigenvalue weighted by atomic mass is 10.2. The van der Waals surface area contributed by atoms with Crippen molar-refractivity contribution >= 4 is 15.7 Å². The standard InChI is InChI=1S/C14H22N2O2S/c1-3-15-13-6-8-14(9-7-13)19(17,18)16-11(2)10-12-4-5-12/h6-9,11-12,15-16H,3-5,10H2,1-2H3. The highest BCUT2D eigenvalue weighted by molar-refractivity contribution is 7.89. The Labute approximate surface area is 115 Å². The minimum absolute atomic E-state index is 0.00550. The van der Waals surface area contributed by atoms with Crippen molar-refractivity contribution in [2.45, 2.75) is 44.0 Å². The third kappa shape index (κ3) is 4.21. The Morgan fingerprint density at radius 2 is 1.89 bits per heavy atom. The molecule has 1 atom stereocenters. The summed E-state index contributed by atoms with van der Waals surface area (Å²) in [6.45, 7) is 4.76. The highest BCUT2D eigenvalue weighted by Crippen LogP contribution is 2.33. The van der Waals surface area contributed by atoms with Crippen molar-refractivity contribution in [2.24, 2.45) is 5.92 Å². The Kier molecular flexibility index (Phi) is 4.47. The molecule has 1 aromatic rings. The third-order valence-electron chi connectivity index (χ3n) is 3.29.